The zero-order valence-electron chi connectivity index (χ0n) is 6.15. The maximum atomic E-state index is 5.57. The van der Waals surface area contributed by atoms with Crippen LogP contribution in [-0.2, 0) is 0 Å². The maximum Gasteiger partial charge on any atom is 0.0282 e. The topological polar surface area (TPSA) is 26.0 Å². The fraction of sp³-hybridized carbons (Fsp3) is 0.333. The van der Waals surface area contributed by atoms with E-state index in [1.165, 1.54) is 0 Å². The summed E-state index contributed by atoms with van der Waals surface area (Å²) >= 11 is 0. The molecule has 1 aliphatic carbocycles. The van der Waals surface area contributed by atoms with Gasteiger partial charge in [-0.15, -0.1) is 5.92 Å². The van der Waals surface area contributed by atoms with E-state index in [9.17, 15) is 0 Å². The van der Waals surface area contributed by atoms with E-state index < -0.39 is 0 Å². The van der Waals surface area contributed by atoms with Crippen molar-refractivity contribution in [3.05, 3.63) is 23.4 Å². The van der Waals surface area contributed by atoms with E-state index in [0.29, 0.717) is 0 Å². The number of nitrogens with two attached hydrogens (primary N) is 1. The summed E-state index contributed by atoms with van der Waals surface area (Å²) in [5.74, 6) is 5.86. The molecule has 0 aromatic heterocycles. The quantitative estimate of drug-likeness (QED) is 0.499. The molecule has 1 rings (SSSR count). The Morgan fingerprint density at radius 1 is 1.60 bits per heavy atom. The second kappa shape index (κ2) is 3.12. The van der Waals surface area contributed by atoms with Crippen molar-refractivity contribution in [1.82, 2.24) is 0 Å². The Kier molecular flexibility index (Phi) is 2.17. The van der Waals surface area contributed by atoms with Gasteiger partial charge in [-0.05, 0) is 25.8 Å². The lowest BCUT2D eigenvalue weighted by Gasteiger charge is -2.04. The third kappa shape index (κ3) is 1.66. The minimum atomic E-state index is 0.851. The summed E-state index contributed by atoms with van der Waals surface area (Å²) in [4.78, 5) is 0. The molecule has 0 aliphatic heterocycles. The molecule has 0 bridgehead atoms. The van der Waals surface area contributed by atoms with Crippen LogP contribution < -0.4 is 5.73 Å². The van der Waals surface area contributed by atoms with Gasteiger partial charge in [-0.25, -0.2) is 0 Å². The number of rotatable bonds is 0. The van der Waals surface area contributed by atoms with Crippen LogP contribution in [-0.4, -0.2) is 0 Å². The summed E-state index contributed by atoms with van der Waals surface area (Å²) in [7, 11) is 0. The molecule has 1 nitrogen and oxygen atoms in total. The van der Waals surface area contributed by atoms with Crippen molar-refractivity contribution in [3.8, 4) is 11.8 Å². The number of allylic oxidation sites excluding steroid dienone is 3. The normalized spacial score (nSPS) is 16.5. The Morgan fingerprint density at radius 3 is 3.00 bits per heavy atom. The Labute approximate surface area is 61.6 Å². The van der Waals surface area contributed by atoms with Gasteiger partial charge in [0.05, 0.1) is 0 Å². The van der Waals surface area contributed by atoms with Gasteiger partial charge in [-0.1, -0.05) is 12.0 Å². The van der Waals surface area contributed by atoms with Crippen molar-refractivity contribution < 1.29 is 0 Å². The van der Waals surface area contributed by atoms with E-state index in [2.05, 4.69) is 11.8 Å². The van der Waals surface area contributed by atoms with E-state index in [1.807, 2.05) is 19.1 Å². The molecular formula is C9H11N. The minimum Gasteiger partial charge on any atom is -0.399 e. The van der Waals surface area contributed by atoms with Crippen molar-refractivity contribution >= 4 is 0 Å². The predicted molar refractivity (Wildman–Crippen MR) is 43.0 cm³/mol. The average Bonchev–Trinajstić information content (AvgIpc) is 1.88. The largest absolute Gasteiger partial charge is 0.399 e. The molecule has 1 aliphatic rings. The molecule has 52 valence electrons. The highest BCUT2D eigenvalue weighted by Crippen LogP contribution is 2.12. The van der Waals surface area contributed by atoms with Gasteiger partial charge in [0, 0.05) is 11.3 Å². The molecule has 0 amide bonds. The Balaban J connectivity index is 2.75. The average molecular weight is 133 g/mol. The summed E-state index contributed by atoms with van der Waals surface area (Å²) in [6.45, 7) is 1.84. The van der Waals surface area contributed by atoms with E-state index in [4.69, 9.17) is 5.73 Å². The molecule has 0 atom stereocenters. The zero-order chi connectivity index (χ0) is 7.40. The molecule has 0 fully saturated rings. The molecule has 0 spiro atoms. The molecule has 0 radical (unpaired) electrons. The number of hydrogen-bond acceptors (Lipinski definition) is 1. The van der Waals surface area contributed by atoms with Crippen LogP contribution in [0.1, 0.15) is 19.8 Å². The molecule has 0 aromatic rings. The summed E-state index contributed by atoms with van der Waals surface area (Å²) < 4.78 is 0. The van der Waals surface area contributed by atoms with E-state index >= 15 is 0 Å². The van der Waals surface area contributed by atoms with Crippen LogP contribution in [0.2, 0.25) is 0 Å². The summed E-state index contributed by atoms with van der Waals surface area (Å²) in [5, 5.41) is 0. The third-order valence-electron chi connectivity index (χ3n) is 1.42. The highest BCUT2D eigenvalue weighted by atomic mass is 14.6. The van der Waals surface area contributed by atoms with Crippen LogP contribution in [0.3, 0.4) is 0 Å². The minimum absolute atomic E-state index is 0.851. The first-order valence-corrected chi connectivity index (χ1v) is 3.42. The van der Waals surface area contributed by atoms with Gasteiger partial charge in [0.15, 0.2) is 0 Å². The fourth-order valence-corrected chi connectivity index (χ4v) is 0.986. The third-order valence-corrected chi connectivity index (χ3v) is 1.42. The van der Waals surface area contributed by atoms with Gasteiger partial charge < -0.3 is 5.73 Å². The molecule has 1 heteroatoms. The van der Waals surface area contributed by atoms with E-state index in [1.54, 1.807) is 0 Å². The van der Waals surface area contributed by atoms with E-state index in [0.717, 1.165) is 24.1 Å². The second-order valence-electron chi connectivity index (χ2n) is 2.29. The van der Waals surface area contributed by atoms with Crippen molar-refractivity contribution in [1.29, 1.82) is 0 Å². The number of hydrogen-bond donors (Lipinski definition) is 1. The van der Waals surface area contributed by atoms with Gasteiger partial charge >= 0.3 is 0 Å². The predicted octanol–water partition coefficient (Wildman–Crippen LogP) is 1.57. The maximum absolute atomic E-state index is 5.57. The highest BCUT2D eigenvalue weighted by Gasteiger charge is 1.98. The van der Waals surface area contributed by atoms with E-state index in [-0.39, 0.29) is 0 Å². The van der Waals surface area contributed by atoms with Gasteiger partial charge in [0.2, 0.25) is 0 Å². The lowest BCUT2D eigenvalue weighted by Crippen LogP contribution is -1.98. The van der Waals surface area contributed by atoms with Crippen LogP contribution in [0.25, 0.3) is 0 Å². The molecule has 0 saturated heterocycles. The molecule has 0 heterocycles. The lowest BCUT2D eigenvalue weighted by molar-refractivity contribution is 0.976. The van der Waals surface area contributed by atoms with Crippen molar-refractivity contribution in [2.75, 3.05) is 0 Å². The molecule has 2 N–H and O–H groups in total. The van der Waals surface area contributed by atoms with Crippen LogP contribution in [0.15, 0.2) is 23.4 Å². The first-order valence-electron chi connectivity index (χ1n) is 3.42. The van der Waals surface area contributed by atoms with Gasteiger partial charge in [0.25, 0.3) is 0 Å². The monoisotopic (exact) mass is 133 g/mol. The van der Waals surface area contributed by atoms with Gasteiger partial charge in [-0.2, -0.15) is 0 Å². The standard InChI is InChI=1S/C9H11N/c1-2-4-8-5-3-6-9(10)7-8/h6-7H,3,5,10H2,1H3. The first kappa shape index (κ1) is 6.95. The fourth-order valence-electron chi connectivity index (χ4n) is 0.986. The van der Waals surface area contributed by atoms with Crippen molar-refractivity contribution in [3.63, 3.8) is 0 Å². The SMILES string of the molecule is CC#CC1=CC(N)=CCC1. The highest BCUT2D eigenvalue weighted by molar-refractivity contribution is 5.37. The van der Waals surface area contributed by atoms with Gasteiger partial charge in [-0.3, -0.25) is 0 Å². The zero-order valence-corrected chi connectivity index (χ0v) is 6.15. The molecule has 0 unspecified atom stereocenters. The van der Waals surface area contributed by atoms with Gasteiger partial charge in [0.1, 0.15) is 0 Å². The molecular weight excluding hydrogens is 122 g/mol. The summed E-state index contributed by atoms with van der Waals surface area (Å²) in [6, 6.07) is 0. The van der Waals surface area contributed by atoms with Crippen LogP contribution in [0, 0.1) is 11.8 Å². The van der Waals surface area contributed by atoms with Crippen molar-refractivity contribution in [2.24, 2.45) is 5.73 Å². The first-order chi connectivity index (χ1) is 4.83. The van der Waals surface area contributed by atoms with Crippen LogP contribution in [0.4, 0.5) is 0 Å². The second-order valence-corrected chi connectivity index (χ2v) is 2.29. The summed E-state index contributed by atoms with van der Waals surface area (Å²) in [6.07, 6.45) is 6.05. The lowest BCUT2D eigenvalue weighted by atomic mass is 10.0. The molecule has 0 aromatic carbocycles. The molecule has 0 saturated carbocycles. The van der Waals surface area contributed by atoms with Crippen LogP contribution in [0.5, 0.6) is 0 Å². The Morgan fingerprint density at radius 2 is 2.40 bits per heavy atom. The molecule has 10 heavy (non-hydrogen) atoms. The van der Waals surface area contributed by atoms with Crippen molar-refractivity contribution in [2.45, 2.75) is 19.8 Å². The Bertz CT molecular complexity index is 235. The smallest absolute Gasteiger partial charge is 0.0282 e. The van der Waals surface area contributed by atoms with Crippen LogP contribution >= 0.6 is 0 Å². The Hall–Kier alpha value is -1.16. The summed E-state index contributed by atoms with van der Waals surface area (Å²) in [5.41, 5.74) is 7.58.